The Kier molecular flexibility index (Phi) is 10.7. The van der Waals surface area contributed by atoms with Crippen LogP contribution in [0.5, 0.6) is 0 Å². The Bertz CT molecular complexity index is 590. The summed E-state index contributed by atoms with van der Waals surface area (Å²) >= 11 is 0. The van der Waals surface area contributed by atoms with Gasteiger partial charge in [0.1, 0.15) is 0 Å². The van der Waals surface area contributed by atoms with E-state index in [4.69, 9.17) is 9.47 Å². The van der Waals surface area contributed by atoms with Gasteiger partial charge in [-0.3, -0.25) is 19.3 Å². The molecule has 2 aliphatic heterocycles. The SMILES string of the molecule is CCOC(=O)C1CCCN(C(=O)C(C)N2CCC(C(=O)NCCCOC(C)C)CC2)C1. The van der Waals surface area contributed by atoms with Crippen LogP contribution in [0.3, 0.4) is 0 Å². The minimum atomic E-state index is -0.238. The molecule has 0 saturated carbocycles. The van der Waals surface area contributed by atoms with Crippen molar-refractivity contribution in [3.8, 4) is 0 Å². The number of amides is 2. The zero-order valence-corrected chi connectivity index (χ0v) is 19.7. The number of carbonyl (C=O) groups excluding carboxylic acids is 3. The lowest BCUT2D eigenvalue weighted by Crippen LogP contribution is -2.53. The van der Waals surface area contributed by atoms with E-state index in [1.165, 1.54) is 0 Å². The molecule has 8 heteroatoms. The minimum Gasteiger partial charge on any atom is -0.466 e. The highest BCUT2D eigenvalue weighted by Crippen LogP contribution is 2.23. The van der Waals surface area contributed by atoms with Gasteiger partial charge < -0.3 is 19.7 Å². The molecule has 2 atom stereocenters. The monoisotopic (exact) mass is 439 g/mol. The van der Waals surface area contributed by atoms with Crippen molar-refractivity contribution in [3.63, 3.8) is 0 Å². The molecule has 0 aromatic heterocycles. The molecule has 2 saturated heterocycles. The van der Waals surface area contributed by atoms with Gasteiger partial charge in [0, 0.05) is 32.2 Å². The molecule has 31 heavy (non-hydrogen) atoms. The highest BCUT2D eigenvalue weighted by atomic mass is 16.5. The molecule has 2 unspecified atom stereocenters. The third kappa shape index (κ3) is 8.07. The van der Waals surface area contributed by atoms with Crippen LogP contribution in [0, 0.1) is 11.8 Å². The van der Waals surface area contributed by atoms with Crippen LogP contribution < -0.4 is 5.32 Å². The van der Waals surface area contributed by atoms with Crippen molar-refractivity contribution in [1.29, 1.82) is 0 Å². The third-order valence-electron chi connectivity index (χ3n) is 6.23. The Hall–Kier alpha value is -1.67. The van der Waals surface area contributed by atoms with Gasteiger partial charge in [0.25, 0.3) is 0 Å². The van der Waals surface area contributed by atoms with Gasteiger partial charge in [-0.2, -0.15) is 0 Å². The molecule has 0 bridgehead atoms. The summed E-state index contributed by atoms with van der Waals surface area (Å²) in [5.74, 6) is -0.230. The van der Waals surface area contributed by atoms with E-state index in [1.807, 2.05) is 25.7 Å². The van der Waals surface area contributed by atoms with E-state index in [2.05, 4.69) is 10.2 Å². The van der Waals surface area contributed by atoms with E-state index in [9.17, 15) is 14.4 Å². The summed E-state index contributed by atoms with van der Waals surface area (Å²) in [7, 11) is 0. The number of carbonyl (C=O) groups is 3. The maximum absolute atomic E-state index is 13.0. The van der Waals surface area contributed by atoms with Crippen molar-refractivity contribution in [3.05, 3.63) is 0 Å². The molecule has 2 heterocycles. The fourth-order valence-corrected chi connectivity index (χ4v) is 4.35. The average Bonchev–Trinajstić information content (AvgIpc) is 2.78. The Labute approximate surface area is 187 Å². The van der Waals surface area contributed by atoms with Crippen LogP contribution in [0.25, 0.3) is 0 Å². The molecule has 0 radical (unpaired) electrons. The van der Waals surface area contributed by atoms with Gasteiger partial charge in [0.15, 0.2) is 0 Å². The fraction of sp³-hybridized carbons (Fsp3) is 0.870. The van der Waals surface area contributed by atoms with Gasteiger partial charge >= 0.3 is 5.97 Å². The molecule has 2 fully saturated rings. The molecule has 8 nitrogen and oxygen atoms in total. The Morgan fingerprint density at radius 3 is 2.39 bits per heavy atom. The van der Waals surface area contributed by atoms with Crippen LogP contribution >= 0.6 is 0 Å². The molecule has 0 aromatic carbocycles. The Morgan fingerprint density at radius 2 is 1.74 bits per heavy atom. The second-order valence-corrected chi connectivity index (χ2v) is 8.93. The van der Waals surface area contributed by atoms with Crippen LogP contribution in [0.2, 0.25) is 0 Å². The fourth-order valence-electron chi connectivity index (χ4n) is 4.35. The summed E-state index contributed by atoms with van der Waals surface area (Å²) in [6.07, 6.45) is 4.16. The molecule has 0 aliphatic carbocycles. The number of hydrogen-bond acceptors (Lipinski definition) is 6. The molecule has 1 N–H and O–H groups in total. The molecule has 2 amide bonds. The number of piperidine rings is 2. The summed E-state index contributed by atoms with van der Waals surface area (Å²) in [6, 6.07) is -0.238. The van der Waals surface area contributed by atoms with E-state index in [1.54, 1.807) is 6.92 Å². The number of ether oxygens (including phenoxy) is 2. The van der Waals surface area contributed by atoms with Crippen molar-refractivity contribution in [1.82, 2.24) is 15.1 Å². The summed E-state index contributed by atoms with van der Waals surface area (Å²) in [6.45, 7) is 12.0. The van der Waals surface area contributed by atoms with Crippen molar-refractivity contribution in [2.24, 2.45) is 11.8 Å². The Balaban J connectivity index is 1.73. The van der Waals surface area contributed by atoms with Crippen LogP contribution in [-0.2, 0) is 23.9 Å². The summed E-state index contributed by atoms with van der Waals surface area (Å²) < 4.78 is 10.6. The number of rotatable bonds is 10. The lowest BCUT2D eigenvalue weighted by atomic mass is 9.94. The van der Waals surface area contributed by atoms with E-state index in [0.717, 1.165) is 45.2 Å². The van der Waals surface area contributed by atoms with Crippen molar-refractivity contribution in [2.75, 3.05) is 45.9 Å². The highest BCUT2D eigenvalue weighted by molar-refractivity contribution is 5.83. The molecule has 0 aromatic rings. The molecule has 2 rings (SSSR count). The average molecular weight is 440 g/mol. The maximum Gasteiger partial charge on any atom is 0.310 e. The van der Waals surface area contributed by atoms with E-state index >= 15 is 0 Å². The summed E-state index contributed by atoms with van der Waals surface area (Å²) in [5.41, 5.74) is 0. The van der Waals surface area contributed by atoms with Crippen molar-refractivity contribution >= 4 is 17.8 Å². The van der Waals surface area contributed by atoms with Crippen molar-refractivity contribution < 1.29 is 23.9 Å². The van der Waals surface area contributed by atoms with Gasteiger partial charge in [0.2, 0.25) is 11.8 Å². The predicted molar refractivity (Wildman–Crippen MR) is 118 cm³/mol. The standard InChI is InChI=1S/C23H41N3O5/c1-5-30-23(29)20-8-6-12-26(16-20)22(28)18(4)25-13-9-19(10-14-25)21(27)24-11-7-15-31-17(2)3/h17-20H,5-16H2,1-4H3,(H,24,27). The zero-order valence-electron chi connectivity index (χ0n) is 19.7. The topological polar surface area (TPSA) is 88.2 Å². The number of likely N-dealkylation sites (tertiary alicyclic amines) is 2. The van der Waals surface area contributed by atoms with Crippen LogP contribution in [0.15, 0.2) is 0 Å². The maximum atomic E-state index is 13.0. The second-order valence-electron chi connectivity index (χ2n) is 8.93. The number of hydrogen-bond donors (Lipinski definition) is 1. The van der Waals surface area contributed by atoms with Gasteiger partial charge in [-0.15, -0.1) is 0 Å². The number of nitrogens with one attached hydrogen (secondary N) is 1. The van der Waals surface area contributed by atoms with Gasteiger partial charge in [0.05, 0.1) is 24.7 Å². The van der Waals surface area contributed by atoms with Crippen LogP contribution in [0.4, 0.5) is 0 Å². The lowest BCUT2D eigenvalue weighted by molar-refractivity contribution is -0.152. The highest BCUT2D eigenvalue weighted by Gasteiger charge is 2.35. The summed E-state index contributed by atoms with van der Waals surface area (Å²) in [4.78, 5) is 41.5. The van der Waals surface area contributed by atoms with E-state index < -0.39 is 0 Å². The van der Waals surface area contributed by atoms with Crippen molar-refractivity contribution in [2.45, 2.75) is 71.9 Å². The van der Waals surface area contributed by atoms with Gasteiger partial charge in [-0.25, -0.2) is 0 Å². The second kappa shape index (κ2) is 13.0. The van der Waals surface area contributed by atoms with Crippen LogP contribution in [0.1, 0.15) is 59.8 Å². The zero-order chi connectivity index (χ0) is 22.8. The molecule has 2 aliphatic rings. The van der Waals surface area contributed by atoms with E-state index in [0.29, 0.717) is 32.8 Å². The number of nitrogens with zero attached hydrogens (tertiary/aromatic N) is 2. The third-order valence-corrected chi connectivity index (χ3v) is 6.23. The van der Waals surface area contributed by atoms with Crippen LogP contribution in [-0.4, -0.2) is 85.7 Å². The first-order chi connectivity index (χ1) is 14.8. The quantitative estimate of drug-likeness (QED) is 0.413. The molecular weight excluding hydrogens is 398 g/mol. The van der Waals surface area contributed by atoms with Gasteiger partial charge in [-0.05, 0) is 72.9 Å². The normalized spacial score (nSPS) is 21.7. The Morgan fingerprint density at radius 1 is 1.03 bits per heavy atom. The lowest BCUT2D eigenvalue weighted by Gasteiger charge is -2.39. The summed E-state index contributed by atoms with van der Waals surface area (Å²) in [5, 5.41) is 3.01. The first-order valence-electron chi connectivity index (χ1n) is 11.9. The molecular formula is C23H41N3O5. The molecule has 178 valence electrons. The van der Waals surface area contributed by atoms with Gasteiger partial charge in [-0.1, -0.05) is 0 Å². The largest absolute Gasteiger partial charge is 0.466 e. The number of esters is 1. The predicted octanol–water partition coefficient (Wildman–Crippen LogP) is 1.82. The first kappa shape index (κ1) is 25.6. The van der Waals surface area contributed by atoms with E-state index in [-0.39, 0.29) is 41.8 Å². The minimum absolute atomic E-state index is 0.00718. The smallest absolute Gasteiger partial charge is 0.310 e. The first-order valence-corrected chi connectivity index (χ1v) is 11.9. The molecule has 0 spiro atoms.